The summed E-state index contributed by atoms with van der Waals surface area (Å²) in [5.74, 6) is -3.22. The Balaban J connectivity index is 1.83. The topological polar surface area (TPSA) is 339 Å². The molecule has 0 spiro atoms. The fraction of sp³-hybridized carbons (Fsp3) is 0.0800. The van der Waals surface area contributed by atoms with Crippen LogP contribution in [0.5, 0.6) is 5.75 Å². The van der Waals surface area contributed by atoms with E-state index in [1.165, 1.54) is 18.2 Å². The Morgan fingerprint density at radius 2 is 1.29 bits per heavy atom. The van der Waals surface area contributed by atoms with Gasteiger partial charge in [-0.15, -0.1) is 10.2 Å². The molecule has 0 bridgehead atoms. The molecule has 0 saturated heterocycles. The van der Waals surface area contributed by atoms with Crippen molar-refractivity contribution in [3.63, 3.8) is 0 Å². The fourth-order valence-electron chi connectivity index (χ4n) is 4.11. The summed E-state index contributed by atoms with van der Waals surface area (Å²) in [6.07, 6.45) is 0. The minimum atomic E-state index is -5.21. The zero-order valence-electron chi connectivity index (χ0n) is 24.0. The molecule has 0 aliphatic rings. The summed E-state index contributed by atoms with van der Waals surface area (Å²) in [4.78, 5) is 8.84. The van der Waals surface area contributed by atoms with Crippen molar-refractivity contribution in [2.75, 3.05) is 18.1 Å². The van der Waals surface area contributed by atoms with Gasteiger partial charge >= 0.3 is 16.4 Å². The third-order valence-electron chi connectivity index (χ3n) is 6.27. The molecule has 49 heavy (non-hydrogen) atoms. The minimum absolute atomic E-state index is 0.113. The van der Waals surface area contributed by atoms with Crippen molar-refractivity contribution in [2.24, 2.45) is 20.5 Å². The molecule has 0 radical (unpaired) electrons. The van der Waals surface area contributed by atoms with Crippen LogP contribution < -0.4 is 5.73 Å². The number of rotatable bonds is 12. The van der Waals surface area contributed by atoms with E-state index in [4.69, 9.17) is 10.3 Å². The number of phenolic OH excluding ortho intramolecular Hbond substituents is 1. The van der Waals surface area contributed by atoms with E-state index in [9.17, 15) is 57.8 Å². The van der Waals surface area contributed by atoms with E-state index in [0.717, 1.165) is 30.3 Å². The normalized spacial score (nSPS) is 13.0. The van der Waals surface area contributed by atoms with Crippen LogP contribution in [0.15, 0.2) is 95.8 Å². The van der Waals surface area contributed by atoms with Gasteiger partial charge in [-0.25, -0.2) is 17.4 Å². The van der Waals surface area contributed by atoms with Crippen molar-refractivity contribution in [3.8, 4) is 5.75 Å². The largest absolute Gasteiger partial charge is 0.505 e. The Labute approximate surface area is 276 Å². The zero-order chi connectivity index (χ0) is 36.5. The number of carboxylic acid groups (broad SMARTS) is 1. The summed E-state index contributed by atoms with van der Waals surface area (Å²) >= 11 is 0. The number of carboxylic acids is 1. The number of benzene rings is 4. The first-order valence-corrected chi connectivity index (χ1v) is 18.7. The lowest BCUT2D eigenvalue weighted by molar-refractivity contribution is 0.0696. The quantitative estimate of drug-likeness (QED) is 0.0680. The molecule has 4 aromatic rings. The summed E-state index contributed by atoms with van der Waals surface area (Å²) in [7, 11) is -19.4. The molecule has 0 unspecified atom stereocenters. The summed E-state index contributed by atoms with van der Waals surface area (Å²) in [5, 5.41) is 34.2. The SMILES string of the molecule is Nc1c(N=Nc2ccc(S(=O)(=O)CCOS(=O)(=O)O)cc2)c(S(=O)(=O)O)cc2cc(S(=O)(=O)O)c(N=Nc3cccc(C(=O)O)c3)c(O)c12. The second kappa shape index (κ2) is 13.5. The number of nitrogens with zero attached hydrogens (tertiary/aromatic N) is 4. The van der Waals surface area contributed by atoms with Crippen LogP contribution >= 0.6 is 0 Å². The van der Waals surface area contributed by atoms with E-state index < -0.39 is 102 Å². The van der Waals surface area contributed by atoms with Gasteiger partial charge in [0.25, 0.3) is 20.2 Å². The Kier molecular flexibility index (Phi) is 10.2. The first-order chi connectivity index (χ1) is 22.6. The average Bonchev–Trinajstić information content (AvgIpc) is 2.98. The molecule has 0 saturated carbocycles. The van der Waals surface area contributed by atoms with Gasteiger partial charge in [0.05, 0.1) is 45.3 Å². The summed E-state index contributed by atoms with van der Waals surface area (Å²) in [6, 6.07) is 10.4. The Morgan fingerprint density at radius 1 is 0.735 bits per heavy atom. The number of aromatic carboxylic acids is 1. The number of sulfone groups is 1. The number of nitrogen functional groups attached to an aromatic ring is 1. The summed E-state index contributed by atoms with van der Waals surface area (Å²) in [6.45, 7) is -0.887. The predicted octanol–water partition coefficient (Wildman–Crippen LogP) is 3.74. The molecule has 20 nitrogen and oxygen atoms in total. The van der Waals surface area contributed by atoms with Crippen LogP contribution in [0.3, 0.4) is 0 Å². The van der Waals surface area contributed by atoms with E-state index in [0.29, 0.717) is 12.1 Å². The van der Waals surface area contributed by atoms with Gasteiger partial charge in [-0.1, -0.05) is 6.07 Å². The molecule has 7 N–H and O–H groups in total. The van der Waals surface area contributed by atoms with E-state index in [1.54, 1.807) is 0 Å². The number of fused-ring (bicyclic) bond motifs is 1. The molecule has 0 aliphatic carbocycles. The van der Waals surface area contributed by atoms with Crippen molar-refractivity contribution < 1.29 is 66.5 Å². The molecular formula is C25H21N5O15S4. The molecular weight excluding hydrogens is 739 g/mol. The van der Waals surface area contributed by atoms with E-state index >= 15 is 0 Å². The highest BCUT2D eigenvalue weighted by atomic mass is 32.3. The highest BCUT2D eigenvalue weighted by Gasteiger charge is 2.28. The molecule has 24 heteroatoms. The Morgan fingerprint density at radius 3 is 1.84 bits per heavy atom. The molecule has 0 heterocycles. The molecule has 4 rings (SSSR count). The maximum absolute atomic E-state index is 12.4. The number of hydrogen-bond acceptors (Lipinski definition) is 16. The van der Waals surface area contributed by atoms with Crippen molar-refractivity contribution in [1.29, 1.82) is 0 Å². The zero-order valence-corrected chi connectivity index (χ0v) is 27.3. The van der Waals surface area contributed by atoms with Crippen molar-refractivity contribution in [3.05, 3.63) is 66.2 Å². The maximum Gasteiger partial charge on any atom is 0.397 e. The minimum Gasteiger partial charge on any atom is -0.505 e. The van der Waals surface area contributed by atoms with Crippen LogP contribution in [0.2, 0.25) is 0 Å². The Hall–Kier alpha value is -4.95. The van der Waals surface area contributed by atoms with Crippen molar-refractivity contribution in [2.45, 2.75) is 14.7 Å². The second-order valence-corrected chi connectivity index (χ2v) is 15.6. The lowest BCUT2D eigenvalue weighted by Gasteiger charge is -2.14. The monoisotopic (exact) mass is 759 g/mol. The van der Waals surface area contributed by atoms with E-state index in [2.05, 4.69) is 24.6 Å². The number of aromatic hydroxyl groups is 1. The van der Waals surface area contributed by atoms with Crippen LogP contribution in [0.1, 0.15) is 10.4 Å². The highest BCUT2D eigenvalue weighted by Crippen LogP contribution is 2.48. The van der Waals surface area contributed by atoms with Crippen LogP contribution in [-0.4, -0.2) is 75.9 Å². The van der Waals surface area contributed by atoms with Crippen molar-refractivity contribution in [1.82, 2.24) is 0 Å². The van der Waals surface area contributed by atoms with E-state index in [1.807, 2.05) is 0 Å². The van der Waals surface area contributed by atoms with Gasteiger partial charge in [0.15, 0.2) is 15.6 Å². The van der Waals surface area contributed by atoms with Gasteiger partial charge in [0.1, 0.15) is 21.2 Å². The van der Waals surface area contributed by atoms with E-state index in [-0.39, 0.29) is 21.8 Å². The van der Waals surface area contributed by atoms with Crippen LogP contribution in [-0.2, 0) is 44.7 Å². The van der Waals surface area contributed by atoms with Crippen LogP contribution in [0.4, 0.5) is 28.4 Å². The smallest absolute Gasteiger partial charge is 0.397 e. The van der Waals surface area contributed by atoms with Gasteiger partial charge in [0, 0.05) is 0 Å². The lowest BCUT2D eigenvalue weighted by atomic mass is 10.1. The summed E-state index contributed by atoms with van der Waals surface area (Å²) < 4.78 is 128. The van der Waals surface area contributed by atoms with Gasteiger partial charge in [-0.05, 0) is 60.0 Å². The third kappa shape index (κ3) is 8.75. The molecule has 0 amide bonds. The molecule has 260 valence electrons. The van der Waals surface area contributed by atoms with Gasteiger partial charge in [-0.3, -0.25) is 13.7 Å². The molecule has 0 fully saturated rings. The first-order valence-electron chi connectivity index (χ1n) is 12.8. The van der Waals surface area contributed by atoms with Gasteiger partial charge < -0.3 is 15.9 Å². The number of nitrogens with two attached hydrogens (primary N) is 1. The number of phenols is 1. The number of carbonyl (C=O) groups is 1. The van der Waals surface area contributed by atoms with Crippen LogP contribution in [0.25, 0.3) is 10.8 Å². The Bertz CT molecular complexity index is 2500. The number of anilines is 1. The average molecular weight is 760 g/mol. The second-order valence-electron chi connectivity index (χ2n) is 9.58. The first kappa shape index (κ1) is 36.9. The third-order valence-corrected chi connectivity index (χ3v) is 10.2. The number of azo groups is 2. The maximum atomic E-state index is 12.4. The molecule has 0 aliphatic heterocycles. The van der Waals surface area contributed by atoms with Crippen LogP contribution in [0, 0.1) is 0 Å². The number of hydrogen-bond donors (Lipinski definition) is 6. The standard InChI is InChI=1S/C25H21N5O15S4/c26-21-20-14(12-19(48(39,40)41)23(24(20)31)30-28-16-3-1-2-13(10-16)25(32)33)11-18(47(36,37)38)22(21)29-27-15-4-6-17(7-5-15)46(34,35)9-8-45-49(42,43)44/h1-7,10-12,31H,8-9,26H2,(H,32,33)(H,36,37,38)(H,39,40,41)(H,42,43,44). The highest BCUT2D eigenvalue weighted by molar-refractivity contribution is 7.91. The molecule has 0 aromatic heterocycles. The van der Waals surface area contributed by atoms with Gasteiger partial charge in [0.2, 0.25) is 0 Å². The predicted molar refractivity (Wildman–Crippen MR) is 167 cm³/mol. The van der Waals surface area contributed by atoms with Crippen molar-refractivity contribution >= 4 is 85.7 Å². The molecule has 4 aromatic carbocycles. The fourth-order valence-corrected chi connectivity index (χ4v) is 6.93. The lowest BCUT2D eigenvalue weighted by Crippen LogP contribution is -2.15. The van der Waals surface area contributed by atoms with Gasteiger partial charge in [-0.2, -0.15) is 35.5 Å². The summed E-state index contributed by atoms with van der Waals surface area (Å²) in [5.41, 5.74) is 3.32. The molecule has 0 atom stereocenters.